The number of aryl methyl sites for hydroxylation is 1. The quantitative estimate of drug-likeness (QED) is 0.849. The van der Waals surface area contributed by atoms with Gasteiger partial charge in [-0.1, -0.05) is 36.2 Å². The molecule has 0 unspecified atom stereocenters. The lowest BCUT2D eigenvalue weighted by atomic mass is 9.94. The van der Waals surface area contributed by atoms with Gasteiger partial charge in [0.1, 0.15) is 0 Å². The fourth-order valence-electron chi connectivity index (χ4n) is 2.11. The van der Waals surface area contributed by atoms with Gasteiger partial charge < -0.3 is 5.32 Å². The van der Waals surface area contributed by atoms with Gasteiger partial charge in [-0.05, 0) is 38.0 Å². The number of halogens is 2. The normalized spacial score (nSPS) is 11.5. The van der Waals surface area contributed by atoms with Crippen molar-refractivity contribution in [3.05, 3.63) is 49.9 Å². The molecule has 2 rings (SSSR count). The molecule has 0 saturated carbocycles. The van der Waals surface area contributed by atoms with Crippen LogP contribution in [0.2, 0.25) is 10.0 Å². The summed E-state index contributed by atoms with van der Waals surface area (Å²) in [6.45, 7) is 5.92. The Labute approximate surface area is 144 Å². The predicted molar refractivity (Wildman–Crippen MR) is 92.8 cm³/mol. The number of benzene rings is 1. The maximum Gasteiger partial charge on any atom is 0.226 e. The Kier molecular flexibility index (Phi) is 5.48. The Morgan fingerprint density at radius 2 is 2.05 bits per heavy atom. The first kappa shape index (κ1) is 17.3. The molecule has 0 atom stereocenters. The summed E-state index contributed by atoms with van der Waals surface area (Å²) in [6.07, 6.45) is 1.17. The van der Waals surface area contributed by atoms with Gasteiger partial charge in [-0.3, -0.25) is 4.79 Å². The molecule has 0 spiro atoms. The van der Waals surface area contributed by atoms with Crippen LogP contribution in [0.4, 0.5) is 0 Å². The Balaban J connectivity index is 2.06. The maximum atomic E-state index is 12.2. The molecule has 6 heteroatoms. The second-order valence-electron chi connectivity index (χ2n) is 5.56. The minimum atomic E-state index is -0.533. The van der Waals surface area contributed by atoms with E-state index >= 15 is 0 Å². The van der Waals surface area contributed by atoms with Crippen LogP contribution in [0.3, 0.4) is 0 Å². The van der Waals surface area contributed by atoms with E-state index in [9.17, 15) is 4.79 Å². The number of hydrogen-bond acceptors (Lipinski definition) is 3. The largest absolute Gasteiger partial charge is 0.347 e. The van der Waals surface area contributed by atoms with Crippen molar-refractivity contribution < 1.29 is 4.79 Å². The number of nitrogens with zero attached hydrogens (tertiary/aromatic N) is 1. The highest BCUT2D eigenvalue weighted by Crippen LogP contribution is 2.28. The van der Waals surface area contributed by atoms with Crippen LogP contribution in [0.1, 0.15) is 37.0 Å². The Hall–Kier alpha value is -1.10. The number of nitrogens with one attached hydrogen (secondary N) is 1. The summed E-state index contributed by atoms with van der Waals surface area (Å²) < 4.78 is 0. The van der Waals surface area contributed by atoms with Crippen molar-refractivity contribution in [1.82, 2.24) is 10.3 Å². The van der Waals surface area contributed by atoms with Gasteiger partial charge in [-0.15, -0.1) is 11.3 Å². The van der Waals surface area contributed by atoms with E-state index in [0.717, 1.165) is 22.7 Å². The fraction of sp³-hybridized carbons (Fsp3) is 0.375. The molecule has 0 fully saturated rings. The predicted octanol–water partition coefficient (Wildman–Crippen LogP) is 4.61. The number of thiazole rings is 1. The molecule has 0 saturated heterocycles. The number of aromatic nitrogens is 1. The van der Waals surface area contributed by atoms with Gasteiger partial charge in [0, 0.05) is 5.38 Å². The lowest BCUT2D eigenvalue weighted by molar-refractivity contribution is -0.122. The number of carbonyl (C=O) groups excluding carboxylic acids is 1. The molecule has 1 N–H and O–H groups in total. The lowest BCUT2D eigenvalue weighted by Crippen LogP contribution is -2.41. The molecule has 1 aromatic carbocycles. The smallest absolute Gasteiger partial charge is 0.226 e. The fourth-order valence-corrected chi connectivity index (χ4v) is 3.15. The number of carbonyl (C=O) groups is 1. The van der Waals surface area contributed by atoms with E-state index in [4.69, 9.17) is 23.2 Å². The van der Waals surface area contributed by atoms with Crippen LogP contribution in [0.15, 0.2) is 23.6 Å². The standard InChI is InChI=1S/C16H18Cl2N2OS/c1-4-15-19-11(9-22-15)8-14(21)20-16(2,3)10-5-6-12(17)13(18)7-10/h5-7,9H,4,8H2,1-3H3,(H,20,21). The highest BCUT2D eigenvalue weighted by molar-refractivity contribution is 7.09. The summed E-state index contributed by atoms with van der Waals surface area (Å²) in [4.78, 5) is 16.7. The van der Waals surface area contributed by atoms with Gasteiger partial charge in [-0.25, -0.2) is 4.98 Å². The lowest BCUT2D eigenvalue weighted by Gasteiger charge is -2.27. The van der Waals surface area contributed by atoms with Crippen molar-refractivity contribution in [2.75, 3.05) is 0 Å². The van der Waals surface area contributed by atoms with Crippen molar-refractivity contribution in [2.24, 2.45) is 0 Å². The molecule has 1 aromatic heterocycles. The summed E-state index contributed by atoms with van der Waals surface area (Å²) in [7, 11) is 0. The zero-order valence-corrected chi connectivity index (χ0v) is 15.1. The van der Waals surface area contributed by atoms with E-state index in [1.165, 1.54) is 0 Å². The number of amides is 1. The van der Waals surface area contributed by atoms with Crippen LogP contribution < -0.4 is 5.32 Å². The van der Waals surface area contributed by atoms with E-state index in [-0.39, 0.29) is 12.3 Å². The van der Waals surface area contributed by atoms with Gasteiger partial charge in [0.25, 0.3) is 0 Å². The van der Waals surface area contributed by atoms with Crippen LogP contribution in [0.25, 0.3) is 0 Å². The van der Waals surface area contributed by atoms with Crippen LogP contribution in [-0.2, 0) is 23.2 Å². The van der Waals surface area contributed by atoms with Crippen molar-refractivity contribution in [3.8, 4) is 0 Å². The summed E-state index contributed by atoms with van der Waals surface area (Å²) in [5.74, 6) is -0.0657. The van der Waals surface area contributed by atoms with Crippen LogP contribution in [0.5, 0.6) is 0 Å². The molecule has 2 aromatic rings. The molecule has 0 aliphatic rings. The van der Waals surface area contributed by atoms with Crippen LogP contribution >= 0.6 is 34.5 Å². The molecule has 3 nitrogen and oxygen atoms in total. The molecular weight excluding hydrogens is 339 g/mol. The monoisotopic (exact) mass is 356 g/mol. The summed E-state index contributed by atoms with van der Waals surface area (Å²) >= 11 is 13.6. The Morgan fingerprint density at radius 1 is 1.32 bits per heavy atom. The van der Waals surface area contributed by atoms with Crippen molar-refractivity contribution >= 4 is 40.4 Å². The Bertz CT molecular complexity index is 683. The Morgan fingerprint density at radius 3 is 2.64 bits per heavy atom. The third-order valence-corrected chi connectivity index (χ3v) is 5.12. The third kappa shape index (κ3) is 4.22. The summed E-state index contributed by atoms with van der Waals surface area (Å²) in [5.41, 5.74) is 1.18. The average Bonchev–Trinajstić information content (AvgIpc) is 2.88. The second-order valence-corrected chi connectivity index (χ2v) is 7.32. The van der Waals surface area contributed by atoms with Gasteiger partial charge in [-0.2, -0.15) is 0 Å². The van der Waals surface area contributed by atoms with Crippen molar-refractivity contribution in [1.29, 1.82) is 0 Å². The third-order valence-electron chi connectivity index (χ3n) is 3.34. The SMILES string of the molecule is CCc1nc(CC(=O)NC(C)(C)c2ccc(Cl)c(Cl)c2)cs1. The molecule has 0 aliphatic carbocycles. The van der Waals surface area contributed by atoms with Gasteiger partial charge >= 0.3 is 0 Å². The summed E-state index contributed by atoms with van der Waals surface area (Å²) in [5, 5.41) is 6.98. The molecule has 1 amide bonds. The first-order chi connectivity index (χ1) is 10.3. The van der Waals surface area contributed by atoms with Crippen molar-refractivity contribution in [3.63, 3.8) is 0 Å². The maximum absolute atomic E-state index is 12.2. The molecule has 1 heterocycles. The minimum absolute atomic E-state index is 0.0657. The molecule has 0 bridgehead atoms. The average molecular weight is 357 g/mol. The molecule has 118 valence electrons. The van der Waals surface area contributed by atoms with E-state index in [2.05, 4.69) is 17.2 Å². The van der Waals surface area contributed by atoms with Gasteiger partial charge in [0.2, 0.25) is 5.91 Å². The first-order valence-corrected chi connectivity index (χ1v) is 8.65. The minimum Gasteiger partial charge on any atom is -0.347 e. The molecule has 0 aliphatic heterocycles. The topological polar surface area (TPSA) is 42.0 Å². The van der Waals surface area contributed by atoms with E-state index in [1.54, 1.807) is 23.5 Å². The van der Waals surface area contributed by atoms with Crippen LogP contribution in [-0.4, -0.2) is 10.9 Å². The summed E-state index contributed by atoms with van der Waals surface area (Å²) in [6, 6.07) is 5.38. The van der Waals surface area contributed by atoms with E-state index in [1.807, 2.05) is 25.3 Å². The molecule has 0 radical (unpaired) electrons. The highest BCUT2D eigenvalue weighted by atomic mass is 35.5. The molecular formula is C16H18Cl2N2OS. The number of rotatable bonds is 5. The second kappa shape index (κ2) is 6.99. The van der Waals surface area contributed by atoms with Gasteiger partial charge in [0.05, 0.1) is 32.7 Å². The van der Waals surface area contributed by atoms with Crippen molar-refractivity contribution in [2.45, 2.75) is 39.2 Å². The first-order valence-electron chi connectivity index (χ1n) is 7.01. The van der Waals surface area contributed by atoms with Crippen LogP contribution in [0, 0.1) is 0 Å². The van der Waals surface area contributed by atoms with E-state index in [0.29, 0.717) is 10.0 Å². The zero-order chi connectivity index (χ0) is 16.3. The number of hydrogen-bond donors (Lipinski definition) is 1. The van der Waals surface area contributed by atoms with Gasteiger partial charge in [0.15, 0.2) is 0 Å². The van der Waals surface area contributed by atoms with E-state index < -0.39 is 5.54 Å². The highest BCUT2D eigenvalue weighted by Gasteiger charge is 2.24. The zero-order valence-electron chi connectivity index (χ0n) is 12.7. The molecule has 22 heavy (non-hydrogen) atoms.